The maximum absolute atomic E-state index is 12.5. The van der Waals surface area contributed by atoms with E-state index in [0.717, 1.165) is 22.5 Å². The number of rotatable bonds is 5. The van der Waals surface area contributed by atoms with Crippen LogP contribution in [0.2, 0.25) is 0 Å². The molecule has 126 valence electrons. The van der Waals surface area contributed by atoms with Crippen LogP contribution in [0.15, 0.2) is 66.7 Å². The van der Waals surface area contributed by atoms with Crippen LogP contribution in [0, 0.1) is 6.92 Å². The molecule has 2 N–H and O–H groups in total. The molecular weight excluding hydrogens is 312 g/mol. The lowest BCUT2D eigenvalue weighted by Crippen LogP contribution is -2.14. The molecule has 0 aliphatic heterocycles. The van der Waals surface area contributed by atoms with Crippen molar-refractivity contribution in [3.63, 3.8) is 0 Å². The summed E-state index contributed by atoms with van der Waals surface area (Å²) in [6.07, 6.45) is 0.609. The van der Waals surface area contributed by atoms with Gasteiger partial charge in [-0.05, 0) is 43.2 Å². The zero-order valence-corrected chi connectivity index (χ0v) is 14.1. The van der Waals surface area contributed by atoms with Gasteiger partial charge in [0.1, 0.15) is 0 Å². The third-order valence-corrected chi connectivity index (χ3v) is 4.01. The van der Waals surface area contributed by atoms with Gasteiger partial charge in [0, 0.05) is 17.9 Å². The summed E-state index contributed by atoms with van der Waals surface area (Å²) >= 11 is 0. The average Bonchev–Trinajstić information content (AvgIpc) is 2.64. The molecule has 0 bridgehead atoms. The first-order valence-corrected chi connectivity index (χ1v) is 8.21. The van der Waals surface area contributed by atoms with Crippen LogP contribution in [0.1, 0.15) is 21.6 Å². The number of benzene rings is 2. The van der Waals surface area contributed by atoms with Gasteiger partial charge in [-0.25, -0.2) is 0 Å². The molecule has 0 saturated carbocycles. The van der Waals surface area contributed by atoms with E-state index in [1.807, 2.05) is 67.6 Å². The van der Waals surface area contributed by atoms with Crippen LogP contribution in [0.3, 0.4) is 0 Å². The minimum absolute atomic E-state index is 0.115. The van der Waals surface area contributed by atoms with Gasteiger partial charge in [-0.2, -0.15) is 0 Å². The number of nitrogens with zero attached hydrogens (tertiary/aromatic N) is 1. The first kappa shape index (κ1) is 16.9. The topological polar surface area (TPSA) is 62.2 Å². The number of hydrogen-bond acceptors (Lipinski definition) is 3. The zero-order valence-electron chi connectivity index (χ0n) is 14.1. The summed E-state index contributed by atoms with van der Waals surface area (Å²) in [4.78, 5) is 17.1. The molecule has 4 heteroatoms. The number of aliphatic hydroxyl groups excluding tert-OH is 1. The van der Waals surface area contributed by atoms with Crippen LogP contribution >= 0.6 is 0 Å². The predicted octanol–water partition coefficient (Wildman–Crippen LogP) is 3.84. The van der Waals surface area contributed by atoms with Crippen molar-refractivity contribution >= 4 is 11.6 Å². The zero-order chi connectivity index (χ0) is 17.6. The maximum Gasteiger partial charge on any atom is 0.257 e. The van der Waals surface area contributed by atoms with E-state index < -0.39 is 0 Å². The monoisotopic (exact) mass is 332 g/mol. The van der Waals surface area contributed by atoms with Crippen LogP contribution in [0.5, 0.6) is 0 Å². The van der Waals surface area contributed by atoms with E-state index in [-0.39, 0.29) is 12.5 Å². The number of pyridine rings is 1. The Bertz CT molecular complexity index is 859. The SMILES string of the molecule is Cc1nc(-c2ccccc2)ccc1C(=O)Nc1ccc(CCO)cc1. The fraction of sp³-hybridized carbons (Fsp3) is 0.143. The molecular formula is C21H20N2O2. The quantitative estimate of drug-likeness (QED) is 0.746. The minimum atomic E-state index is -0.181. The number of aromatic nitrogens is 1. The summed E-state index contributed by atoms with van der Waals surface area (Å²) in [5, 5.41) is 11.8. The van der Waals surface area contributed by atoms with Crippen LogP contribution < -0.4 is 5.32 Å². The van der Waals surface area contributed by atoms with Gasteiger partial charge in [0.2, 0.25) is 0 Å². The van der Waals surface area contributed by atoms with Crippen molar-refractivity contribution in [1.82, 2.24) is 4.98 Å². The number of aliphatic hydroxyl groups is 1. The van der Waals surface area contributed by atoms with Crippen molar-refractivity contribution in [2.75, 3.05) is 11.9 Å². The molecule has 0 atom stereocenters. The average molecular weight is 332 g/mol. The Morgan fingerprint density at radius 3 is 2.36 bits per heavy atom. The molecule has 0 saturated heterocycles. The Kier molecular flexibility index (Phi) is 5.21. The van der Waals surface area contributed by atoms with Crippen molar-refractivity contribution in [3.05, 3.63) is 83.6 Å². The minimum Gasteiger partial charge on any atom is -0.396 e. The van der Waals surface area contributed by atoms with Gasteiger partial charge in [0.05, 0.1) is 17.0 Å². The Morgan fingerprint density at radius 2 is 1.72 bits per heavy atom. The number of hydrogen-bond donors (Lipinski definition) is 2. The summed E-state index contributed by atoms with van der Waals surface area (Å²) in [5.41, 5.74) is 4.87. The smallest absolute Gasteiger partial charge is 0.257 e. The molecule has 0 aliphatic rings. The molecule has 0 aliphatic carbocycles. The van der Waals surface area contributed by atoms with E-state index in [1.54, 1.807) is 6.07 Å². The lowest BCUT2D eigenvalue weighted by atomic mass is 10.1. The summed E-state index contributed by atoms with van der Waals surface area (Å²) in [5.74, 6) is -0.181. The fourth-order valence-electron chi connectivity index (χ4n) is 2.65. The molecule has 4 nitrogen and oxygen atoms in total. The Hall–Kier alpha value is -2.98. The second-order valence-corrected chi connectivity index (χ2v) is 5.82. The fourth-order valence-corrected chi connectivity index (χ4v) is 2.65. The van der Waals surface area contributed by atoms with Gasteiger partial charge in [0.25, 0.3) is 5.91 Å². The number of carbonyl (C=O) groups is 1. The van der Waals surface area contributed by atoms with Crippen LogP contribution in [0.25, 0.3) is 11.3 Å². The van der Waals surface area contributed by atoms with Gasteiger partial charge in [-0.15, -0.1) is 0 Å². The molecule has 1 aromatic heterocycles. The maximum atomic E-state index is 12.5. The van der Waals surface area contributed by atoms with Crippen molar-refractivity contribution < 1.29 is 9.90 Å². The van der Waals surface area contributed by atoms with E-state index in [9.17, 15) is 4.79 Å². The first-order valence-electron chi connectivity index (χ1n) is 8.21. The molecule has 0 unspecified atom stereocenters. The summed E-state index contributed by atoms with van der Waals surface area (Å²) in [6.45, 7) is 1.95. The molecule has 0 fully saturated rings. The highest BCUT2D eigenvalue weighted by Gasteiger charge is 2.11. The molecule has 1 heterocycles. The first-order chi connectivity index (χ1) is 12.2. The molecule has 3 aromatic rings. The van der Waals surface area contributed by atoms with Crippen molar-refractivity contribution in [2.24, 2.45) is 0 Å². The van der Waals surface area contributed by atoms with Crippen molar-refractivity contribution in [3.8, 4) is 11.3 Å². The van der Waals surface area contributed by atoms with Crippen molar-refractivity contribution in [1.29, 1.82) is 0 Å². The van der Waals surface area contributed by atoms with Gasteiger partial charge >= 0.3 is 0 Å². The van der Waals surface area contributed by atoms with Crippen LogP contribution in [-0.2, 0) is 6.42 Å². The van der Waals surface area contributed by atoms with E-state index in [4.69, 9.17) is 5.11 Å². The van der Waals surface area contributed by atoms with Gasteiger partial charge in [0.15, 0.2) is 0 Å². The number of amides is 1. The van der Waals surface area contributed by atoms with Crippen LogP contribution in [-0.4, -0.2) is 22.6 Å². The molecule has 2 aromatic carbocycles. The highest BCUT2D eigenvalue weighted by atomic mass is 16.2. The highest BCUT2D eigenvalue weighted by molar-refractivity contribution is 6.05. The largest absolute Gasteiger partial charge is 0.396 e. The second kappa shape index (κ2) is 7.73. The molecule has 1 amide bonds. The van der Waals surface area contributed by atoms with Gasteiger partial charge in [-0.3, -0.25) is 9.78 Å². The highest BCUT2D eigenvalue weighted by Crippen LogP contribution is 2.19. The van der Waals surface area contributed by atoms with Gasteiger partial charge < -0.3 is 10.4 Å². The lowest BCUT2D eigenvalue weighted by molar-refractivity contribution is 0.102. The molecule has 3 rings (SSSR count). The molecule has 25 heavy (non-hydrogen) atoms. The van der Waals surface area contributed by atoms with E-state index in [1.165, 1.54) is 0 Å². The third-order valence-electron chi connectivity index (χ3n) is 4.01. The number of aryl methyl sites for hydroxylation is 1. The number of carbonyl (C=O) groups excluding carboxylic acids is 1. The predicted molar refractivity (Wildman–Crippen MR) is 99.6 cm³/mol. The summed E-state index contributed by atoms with van der Waals surface area (Å²) in [6, 6.07) is 21.0. The Labute approximate surface area is 147 Å². The van der Waals surface area contributed by atoms with Gasteiger partial charge in [-0.1, -0.05) is 42.5 Å². The van der Waals surface area contributed by atoms with E-state index in [2.05, 4.69) is 10.3 Å². The summed E-state index contributed by atoms with van der Waals surface area (Å²) < 4.78 is 0. The second-order valence-electron chi connectivity index (χ2n) is 5.82. The Balaban J connectivity index is 1.76. The summed E-state index contributed by atoms with van der Waals surface area (Å²) in [7, 11) is 0. The Morgan fingerprint density at radius 1 is 1.00 bits per heavy atom. The van der Waals surface area contributed by atoms with E-state index in [0.29, 0.717) is 17.7 Å². The lowest BCUT2D eigenvalue weighted by Gasteiger charge is -2.09. The van der Waals surface area contributed by atoms with Crippen molar-refractivity contribution in [2.45, 2.75) is 13.3 Å². The standard InChI is InChI=1S/C21H20N2O2/c1-15-19(11-12-20(22-15)17-5-3-2-4-6-17)21(25)23-18-9-7-16(8-10-18)13-14-24/h2-12,24H,13-14H2,1H3,(H,23,25). The third kappa shape index (κ3) is 4.11. The van der Waals surface area contributed by atoms with Crippen LogP contribution in [0.4, 0.5) is 5.69 Å². The number of nitrogens with one attached hydrogen (secondary N) is 1. The number of anilines is 1. The molecule has 0 radical (unpaired) electrons. The molecule has 0 spiro atoms. The normalized spacial score (nSPS) is 10.5. The van der Waals surface area contributed by atoms with E-state index >= 15 is 0 Å².